The molecule has 1 aliphatic heterocycles. The summed E-state index contributed by atoms with van der Waals surface area (Å²) in [7, 11) is 1.55. The number of rotatable bonds is 6. The molecule has 4 rings (SSSR count). The number of aromatic amines is 1. The highest BCUT2D eigenvalue weighted by Crippen LogP contribution is 2.36. The van der Waals surface area contributed by atoms with Crippen molar-refractivity contribution in [2.75, 3.05) is 19.0 Å². The minimum Gasteiger partial charge on any atom is -0.481 e. The highest BCUT2D eigenvalue weighted by atomic mass is 16.6. The second-order valence-corrected chi connectivity index (χ2v) is 8.53. The van der Waals surface area contributed by atoms with E-state index in [0.717, 1.165) is 37.1 Å². The molecule has 3 heterocycles. The molecule has 1 unspecified atom stereocenters. The molecule has 2 aromatic heterocycles. The lowest BCUT2D eigenvalue weighted by Gasteiger charge is -2.44. The molecule has 31 heavy (non-hydrogen) atoms. The summed E-state index contributed by atoms with van der Waals surface area (Å²) < 4.78 is 10.7. The van der Waals surface area contributed by atoms with E-state index in [9.17, 15) is 9.59 Å². The number of hydrogen-bond donors (Lipinski definition) is 2. The number of H-pyrrole nitrogens is 1. The van der Waals surface area contributed by atoms with Gasteiger partial charge in [0.05, 0.1) is 13.5 Å². The van der Waals surface area contributed by atoms with Crippen LogP contribution in [0.2, 0.25) is 0 Å². The fraction of sp³-hybridized carbons (Fsp3) is 0.545. The number of hydrogen-bond acceptors (Lipinski definition) is 6. The monoisotopic (exact) mass is 427 g/mol. The Hall–Kier alpha value is -3.10. The average molecular weight is 428 g/mol. The zero-order chi connectivity index (χ0) is 22.0. The molecular weight excluding hydrogens is 398 g/mol. The van der Waals surface area contributed by atoms with Gasteiger partial charge in [-0.3, -0.25) is 9.89 Å². The fourth-order valence-electron chi connectivity index (χ4n) is 4.20. The number of carbonyl (C=O) groups is 2. The number of nitrogens with zero attached hydrogens (tertiary/aromatic N) is 3. The molecular formula is C22H29N5O4. The number of ether oxygens (including phenoxy) is 2. The fourth-order valence-corrected chi connectivity index (χ4v) is 4.20. The maximum Gasteiger partial charge on any atom is 0.410 e. The van der Waals surface area contributed by atoms with Gasteiger partial charge in [0.15, 0.2) is 5.82 Å². The van der Waals surface area contributed by atoms with Crippen LogP contribution in [0, 0.1) is 5.92 Å². The maximum absolute atomic E-state index is 12.3. The smallest absolute Gasteiger partial charge is 0.410 e. The van der Waals surface area contributed by atoms with Crippen molar-refractivity contribution in [3.63, 3.8) is 0 Å². The number of amides is 2. The van der Waals surface area contributed by atoms with Gasteiger partial charge in [-0.2, -0.15) is 5.10 Å². The lowest BCUT2D eigenvalue weighted by Crippen LogP contribution is -2.56. The molecule has 2 aromatic rings. The molecule has 2 N–H and O–H groups in total. The Morgan fingerprint density at radius 2 is 2.13 bits per heavy atom. The van der Waals surface area contributed by atoms with Crippen LogP contribution >= 0.6 is 0 Å². The van der Waals surface area contributed by atoms with Gasteiger partial charge in [-0.05, 0) is 37.7 Å². The van der Waals surface area contributed by atoms with Crippen molar-refractivity contribution in [1.82, 2.24) is 20.1 Å². The molecule has 9 heteroatoms. The molecule has 4 atom stereocenters. The van der Waals surface area contributed by atoms with Gasteiger partial charge in [-0.25, -0.2) is 9.78 Å². The second kappa shape index (κ2) is 8.95. The second-order valence-electron chi connectivity index (χ2n) is 8.53. The van der Waals surface area contributed by atoms with Crippen molar-refractivity contribution in [2.45, 2.75) is 57.6 Å². The van der Waals surface area contributed by atoms with E-state index in [-0.39, 0.29) is 36.5 Å². The predicted molar refractivity (Wildman–Crippen MR) is 114 cm³/mol. The molecule has 0 bridgehead atoms. The third-order valence-corrected chi connectivity index (χ3v) is 6.36. The van der Waals surface area contributed by atoms with Gasteiger partial charge in [0.2, 0.25) is 11.8 Å². The third kappa shape index (κ3) is 4.81. The SMILES string of the molecule is COc1ccc(CC(=O)Nc2cc([C@@H]3CCC(OC(=O)N4C[C@H](C)[C@@H]4C)C3)[nH]n2)cn1. The lowest BCUT2D eigenvalue weighted by molar-refractivity contribution is -0.115. The van der Waals surface area contributed by atoms with Gasteiger partial charge in [-0.15, -0.1) is 0 Å². The van der Waals surface area contributed by atoms with E-state index in [1.54, 1.807) is 24.3 Å². The maximum atomic E-state index is 12.3. The Bertz CT molecular complexity index is 928. The zero-order valence-electron chi connectivity index (χ0n) is 18.1. The number of carbonyl (C=O) groups excluding carboxylic acids is 2. The average Bonchev–Trinajstić information content (AvgIpc) is 3.41. The zero-order valence-corrected chi connectivity index (χ0v) is 18.1. The first-order valence-electron chi connectivity index (χ1n) is 10.7. The summed E-state index contributed by atoms with van der Waals surface area (Å²) in [4.78, 5) is 30.5. The predicted octanol–water partition coefficient (Wildman–Crippen LogP) is 3.11. The van der Waals surface area contributed by atoms with Gasteiger partial charge in [-0.1, -0.05) is 13.0 Å². The minimum atomic E-state index is -0.207. The van der Waals surface area contributed by atoms with Crippen molar-refractivity contribution < 1.29 is 19.1 Å². The van der Waals surface area contributed by atoms with E-state index in [1.807, 2.05) is 12.1 Å². The van der Waals surface area contributed by atoms with Gasteiger partial charge < -0.3 is 19.7 Å². The number of aromatic nitrogens is 3. The van der Waals surface area contributed by atoms with Gasteiger partial charge in [0, 0.05) is 42.5 Å². The summed E-state index contributed by atoms with van der Waals surface area (Å²) in [5.74, 6) is 1.60. The van der Waals surface area contributed by atoms with E-state index >= 15 is 0 Å². The van der Waals surface area contributed by atoms with Crippen LogP contribution in [0.3, 0.4) is 0 Å². The molecule has 166 valence electrons. The summed E-state index contributed by atoms with van der Waals surface area (Å²) in [6, 6.07) is 5.64. The first-order chi connectivity index (χ1) is 14.9. The number of likely N-dealkylation sites (tertiary alicyclic amines) is 1. The highest BCUT2D eigenvalue weighted by molar-refractivity contribution is 5.91. The number of anilines is 1. The van der Waals surface area contributed by atoms with Crippen LogP contribution in [0.25, 0.3) is 0 Å². The first-order valence-corrected chi connectivity index (χ1v) is 10.7. The first kappa shape index (κ1) is 21.1. The van der Waals surface area contributed by atoms with Crippen LogP contribution < -0.4 is 10.1 Å². The van der Waals surface area contributed by atoms with Gasteiger partial charge in [0.25, 0.3) is 0 Å². The molecule has 2 aliphatic rings. The van der Waals surface area contributed by atoms with Crippen LogP contribution in [-0.4, -0.2) is 57.9 Å². The number of pyridine rings is 1. The van der Waals surface area contributed by atoms with Crippen LogP contribution in [-0.2, 0) is 16.0 Å². The van der Waals surface area contributed by atoms with E-state index in [2.05, 4.69) is 34.3 Å². The largest absolute Gasteiger partial charge is 0.481 e. The quantitative estimate of drug-likeness (QED) is 0.733. The lowest BCUT2D eigenvalue weighted by atomic mass is 9.93. The summed E-state index contributed by atoms with van der Waals surface area (Å²) in [6.07, 6.45) is 4.04. The Labute approximate surface area is 181 Å². The van der Waals surface area contributed by atoms with Crippen molar-refractivity contribution in [1.29, 1.82) is 0 Å². The molecule has 1 saturated carbocycles. The molecule has 9 nitrogen and oxygen atoms in total. The van der Waals surface area contributed by atoms with Crippen molar-refractivity contribution in [3.05, 3.63) is 35.7 Å². The Morgan fingerprint density at radius 1 is 1.29 bits per heavy atom. The Kier molecular flexibility index (Phi) is 6.11. The molecule has 1 aliphatic carbocycles. The molecule has 1 saturated heterocycles. The third-order valence-electron chi connectivity index (χ3n) is 6.36. The number of nitrogens with one attached hydrogen (secondary N) is 2. The van der Waals surface area contributed by atoms with Crippen LogP contribution in [0.1, 0.15) is 50.3 Å². The number of methoxy groups -OCH3 is 1. The normalized spacial score (nSPS) is 25.1. The molecule has 2 fully saturated rings. The van der Waals surface area contributed by atoms with E-state index in [1.165, 1.54) is 0 Å². The van der Waals surface area contributed by atoms with Crippen molar-refractivity contribution in [2.24, 2.45) is 5.92 Å². The van der Waals surface area contributed by atoms with Crippen LogP contribution in [0.15, 0.2) is 24.4 Å². The summed E-state index contributed by atoms with van der Waals surface area (Å²) in [5, 5.41) is 10.0. The van der Waals surface area contributed by atoms with E-state index < -0.39 is 0 Å². The van der Waals surface area contributed by atoms with Crippen molar-refractivity contribution >= 4 is 17.8 Å². The Balaban J connectivity index is 1.25. The van der Waals surface area contributed by atoms with Crippen LogP contribution in [0.4, 0.5) is 10.6 Å². The summed E-state index contributed by atoms with van der Waals surface area (Å²) in [5.41, 5.74) is 1.74. The topological polar surface area (TPSA) is 109 Å². The highest BCUT2D eigenvalue weighted by Gasteiger charge is 2.38. The molecule has 0 radical (unpaired) electrons. The van der Waals surface area contributed by atoms with Crippen molar-refractivity contribution in [3.8, 4) is 5.88 Å². The summed E-state index contributed by atoms with van der Waals surface area (Å²) >= 11 is 0. The van der Waals surface area contributed by atoms with Crippen LogP contribution in [0.5, 0.6) is 5.88 Å². The van der Waals surface area contributed by atoms with E-state index in [4.69, 9.17) is 9.47 Å². The molecule has 2 amide bonds. The van der Waals surface area contributed by atoms with Gasteiger partial charge >= 0.3 is 6.09 Å². The molecule has 0 aromatic carbocycles. The minimum absolute atomic E-state index is 0.0791. The van der Waals surface area contributed by atoms with Gasteiger partial charge in [0.1, 0.15) is 6.10 Å². The standard InChI is InChI=1S/C22H29N5O4/c1-13-12-27(14(13)2)22(29)31-17-6-5-16(9-17)18-10-19(26-25-18)24-20(28)8-15-4-7-21(30-3)23-11-15/h4,7,10-11,13-14,16-17H,5-6,8-9,12H2,1-3H3,(H2,24,25,26,28)/t13-,14-,16+,17?/m0/s1. The molecule has 0 spiro atoms. The van der Waals surface area contributed by atoms with E-state index in [0.29, 0.717) is 17.6 Å². The Morgan fingerprint density at radius 3 is 2.81 bits per heavy atom. The summed E-state index contributed by atoms with van der Waals surface area (Å²) in [6.45, 7) is 4.97.